The highest BCUT2D eigenvalue weighted by molar-refractivity contribution is 5.48. The Hall–Kier alpha value is -1.32. The second-order valence-electron chi connectivity index (χ2n) is 3.75. The van der Waals surface area contributed by atoms with E-state index in [4.69, 9.17) is 4.74 Å². The zero-order valence-corrected chi connectivity index (χ0v) is 8.53. The number of ether oxygens (including phenoxy) is 1. The molecular formula is C10H15N3O. The minimum Gasteiger partial charge on any atom is -0.491 e. The molecule has 4 nitrogen and oxygen atoms in total. The molecule has 1 aromatic heterocycles. The van der Waals surface area contributed by atoms with E-state index in [1.165, 1.54) is 19.2 Å². The summed E-state index contributed by atoms with van der Waals surface area (Å²) in [7, 11) is 1.63. The average molecular weight is 193 g/mol. The molecule has 1 aliphatic rings. The minimum absolute atomic E-state index is 0.541. The molecule has 0 radical (unpaired) electrons. The number of nitrogens with zero attached hydrogens (tertiary/aromatic N) is 2. The smallest absolute Gasteiger partial charge is 0.179 e. The van der Waals surface area contributed by atoms with Crippen molar-refractivity contribution in [2.75, 3.05) is 12.4 Å². The quantitative estimate of drug-likeness (QED) is 0.793. The Balaban J connectivity index is 2.07. The molecule has 0 aromatic carbocycles. The van der Waals surface area contributed by atoms with Crippen LogP contribution in [0.4, 0.5) is 5.82 Å². The van der Waals surface area contributed by atoms with Crippen molar-refractivity contribution >= 4 is 5.82 Å². The van der Waals surface area contributed by atoms with Crippen LogP contribution in [0.2, 0.25) is 0 Å². The zero-order chi connectivity index (χ0) is 9.97. The molecule has 76 valence electrons. The maximum absolute atomic E-state index is 5.16. The van der Waals surface area contributed by atoms with Crippen LogP contribution in [-0.4, -0.2) is 23.1 Å². The van der Waals surface area contributed by atoms with E-state index in [0.29, 0.717) is 11.8 Å². The minimum atomic E-state index is 0.541. The number of methoxy groups -OCH3 is 1. The molecule has 2 unspecified atom stereocenters. The van der Waals surface area contributed by atoms with Gasteiger partial charge in [0.1, 0.15) is 6.33 Å². The largest absolute Gasteiger partial charge is 0.491 e. The molecule has 4 heteroatoms. The first-order valence-electron chi connectivity index (χ1n) is 4.92. The van der Waals surface area contributed by atoms with Crippen molar-refractivity contribution in [1.29, 1.82) is 0 Å². The van der Waals surface area contributed by atoms with E-state index in [1.807, 2.05) is 0 Å². The third kappa shape index (κ3) is 1.64. The number of rotatable bonds is 3. The van der Waals surface area contributed by atoms with Gasteiger partial charge in [0.25, 0.3) is 0 Å². The molecule has 0 bridgehead atoms. The Morgan fingerprint density at radius 1 is 1.50 bits per heavy atom. The predicted octanol–water partition coefficient (Wildman–Crippen LogP) is 1.70. The van der Waals surface area contributed by atoms with Crippen molar-refractivity contribution in [3.8, 4) is 5.75 Å². The van der Waals surface area contributed by atoms with Crippen molar-refractivity contribution < 1.29 is 4.74 Å². The van der Waals surface area contributed by atoms with Crippen LogP contribution in [-0.2, 0) is 0 Å². The van der Waals surface area contributed by atoms with Gasteiger partial charge in [-0.15, -0.1) is 0 Å². The zero-order valence-electron chi connectivity index (χ0n) is 8.53. The van der Waals surface area contributed by atoms with Gasteiger partial charge < -0.3 is 10.1 Å². The van der Waals surface area contributed by atoms with Crippen molar-refractivity contribution in [3.05, 3.63) is 12.5 Å². The number of anilines is 1. The van der Waals surface area contributed by atoms with Crippen molar-refractivity contribution in [2.45, 2.75) is 25.8 Å². The van der Waals surface area contributed by atoms with E-state index < -0.39 is 0 Å². The van der Waals surface area contributed by atoms with Crippen molar-refractivity contribution in [1.82, 2.24) is 9.97 Å². The molecule has 1 N–H and O–H groups in total. The van der Waals surface area contributed by atoms with Gasteiger partial charge in [0.15, 0.2) is 11.6 Å². The highest BCUT2D eigenvalue weighted by Crippen LogP contribution is 2.31. The summed E-state index contributed by atoms with van der Waals surface area (Å²) in [6.45, 7) is 2.24. The van der Waals surface area contributed by atoms with E-state index in [1.54, 1.807) is 13.3 Å². The third-order valence-corrected chi connectivity index (χ3v) is 2.84. The topological polar surface area (TPSA) is 47.0 Å². The van der Waals surface area contributed by atoms with E-state index in [9.17, 15) is 0 Å². The molecule has 2 atom stereocenters. The van der Waals surface area contributed by atoms with Crippen LogP contribution in [0.15, 0.2) is 12.5 Å². The van der Waals surface area contributed by atoms with E-state index >= 15 is 0 Å². The van der Waals surface area contributed by atoms with Gasteiger partial charge in [-0.3, -0.25) is 0 Å². The Bertz CT molecular complexity index is 316. The highest BCUT2D eigenvalue weighted by atomic mass is 16.5. The second-order valence-corrected chi connectivity index (χ2v) is 3.75. The lowest BCUT2D eigenvalue weighted by Crippen LogP contribution is -2.36. The Kier molecular flexibility index (Phi) is 2.52. The lowest BCUT2D eigenvalue weighted by atomic mass is 9.81. The van der Waals surface area contributed by atoms with Crippen LogP contribution in [0.5, 0.6) is 5.75 Å². The van der Waals surface area contributed by atoms with Gasteiger partial charge in [0.2, 0.25) is 0 Å². The summed E-state index contributed by atoms with van der Waals surface area (Å²) in [5.74, 6) is 2.25. The fraction of sp³-hybridized carbons (Fsp3) is 0.600. The summed E-state index contributed by atoms with van der Waals surface area (Å²) < 4.78 is 5.16. The number of hydrogen-bond acceptors (Lipinski definition) is 4. The lowest BCUT2D eigenvalue weighted by molar-refractivity contribution is 0.301. The predicted molar refractivity (Wildman–Crippen MR) is 54.4 cm³/mol. The fourth-order valence-corrected chi connectivity index (χ4v) is 1.63. The standard InChI is InChI=1S/C10H15N3O/c1-7-3-4-8(7)13-10-9(14-2)5-11-6-12-10/h5-8H,3-4H2,1-2H3,(H,11,12,13). The van der Waals surface area contributed by atoms with Gasteiger partial charge in [-0.05, 0) is 18.8 Å². The van der Waals surface area contributed by atoms with Crippen LogP contribution in [0.1, 0.15) is 19.8 Å². The van der Waals surface area contributed by atoms with Crippen LogP contribution in [0.3, 0.4) is 0 Å². The van der Waals surface area contributed by atoms with E-state index in [0.717, 1.165) is 11.7 Å². The summed E-state index contributed by atoms with van der Waals surface area (Å²) in [5.41, 5.74) is 0. The number of hydrogen-bond donors (Lipinski definition) is 1. The van der Waals surface area contributed by atoms with Crippen molar-refractivity contribution in [3.63, 3.8) is 0 Å². The summed E-state index contributed by atoms with van der Waals surface area (Å²) in [4.78, 5) is 8.07. The first-order valence-corrected chi connectivity index (χ1v) is 4.92. The first kappa shape index (κ1) is 9.24. The molecule has 14 heavy (non-hydrogen) atoms. The number of nitrogens with one attached hydrogen (secondary N) is 1. The summed E-state index contributed by atoms with van der Waals surface area (Å²) in [5, 5.41) is 3.37. The van der Waals surface area contributed by atoms with Gasteiger partial charge in [-0.1, -0.05) is 6.92 Å². The monoisotopic (exact) mass is 193 g/mol. The molecule has 0 amide bonds. The van der Waals surface area contributed by atoms with Gasteiger partial charge in [0, 0.05) is 6.04 Å². The SMILES string of the molecule is COc1cncnc1NC1CCC1C. The normalized spacial score (nSPS) is 25.3. The molecular weight excluding hydrogens is 178 g/mol. The van der Waals surface area contributed by atoms with Crippen LogP contribution >= 0.6 is 0 Å². The summed E-state index contributed by atoms with van der Waals surface area (Å²) in [6.07, 6.45) is 5.73. The summed E-state index contributed by atoms with van der Waals surface area (Å²) >= 11 is 0. The van der Waals surface area contributed by atoms with E-state index in [2.05, 4.69) is 22.2 Å². The Labute approximate surface area is 83.7 Å². The van der Waals surface area contributed by atoms with E-state index in [-0.39, 0.29) is 0 Å². The fourth-order valence-electron chi connectivity index (χ4n) is 1.63. The van der Waals surface area contributed by atoms with Gasteiger partial charge in [0.05, 0.1) is 13.3 Å². The molecule has 1 heterocycles. The molecule has 0 saturated heterocycles. The molecule has 2 rings (SSSR count). The first-order chi connectivity index (χ1) is 6.81. The summed E-state index contributed by atoms with van der Waals surface area (Å²) in [6, 6.07) is 0.541. The maximum atomic E-state index is 5.16. The molecule has 0 aliphatic heterocycles. The number of aromatic nitrogens is 2. The van der Waals surface area contributed by atoms with Crippen LogP contribution in [0.25, 0.3) is 0 Å². The Morgan fingerprint density at radius 3 is 2.93 bits per heavy atom. The highest BCUT2D eigenvalue weighted by Gasteiger charge is 2.27. The average Bonchev–Trinajstić information content (AvgIpc) is 2.24. The molecule has 1 saturated carbocycles. The lowest BCUT2D eigenvalue weighted by Gasteiger charge is -2.34. The van der Waals surface area contributed by atoms with Gasteiger partial charge in [-0.25, -0.2) is 9.97 Å². The Morgan fingerprint density at radius 2 is 2.36 bits per heavy atom. The van der Waals surface area contributed by atoms with Gasteiger partial charge >= 0.3 is 0 Å². The molecule has 1 aliphatic carbocycles. The van der Waals surface area contributed by atoms with Crippen LogP contribution in [0, 0.1) is 5.92 Å². The van der Waals surface area contributed by atoms with Crippen LogP contribution < -0.4 is 10.1 Å². The molecule has 1 fully saturated rings. The molecule has 0 spiro atoms. The second kappa shape index (κ2) is 3.82. The van der Waals surface area contributed by atoms with Crippen molar-refractivity contribution in [2.24, 2.45) is 5.92 Å². The molecule has 1 aromatic rings. The maximum Gasteiger partial charge on any atom is 0.179 e. The third-order valence-electron chi connectivity index (χ3n) is 2.84. The van der Waals surface area contributed by atoms with Gasteiger partial charge in [-0.2, -0.15) is 0 Å².